The average Bonchev–Trinajstić information content (AvgIpc) is 3.39. The van der Waals surface area contributed by atoms with Crippen LogP contribution in [0.15, 0.2) is 59.9 Å². The van der Waals surface area contributed by atoms with Gasteiger partial charge in [-0.05, 0) is 19.1 Å². The molecule has 0 aliphatic heterocycles. The summed E-state index contributed by atoms with van der Waals surface area (Å²) in [6.07, 6.45) is 1.91. The zero-order valence-corrected chi connectivity index (χ0v) is 20.1. The van der Waals surface area contributed by atoms with Gasteiger partial charge in [-0.25, -0.2) is 4.79 Å². The number of aromatic nitrogens is 5. The summed E-state index contributed by atoms with van der Waals surface area (Å²) in [6.45, 7) is 2.04. The minimum absolute atomic E-state index is 0.0966. The average molecular weight is 477 g/mol. The third-order valence-corrected chi connectivity index (χ3v) is 6.19. The van der Waals surface area contributed by atoms with E-state index in [2.05, 4.69) is 20.6 Å². The normalized spacial score (nSPS) is 10.8. The molecule has 1 N–H and O–H groups in total. The first kappa shape index (κ1) is 23.2. The molecule has 4 rings (SSSR count). The number of hydrogen-bond acceptors (Lipinski definition) is 7. The Kier molecular flexibility index (Phi) is 6.78. The van der Waals surface area contributed by atoms with Gasteiger partial charge in [-0.3, -0.25) is 9.48 Å². The van der Waals surface area contributed by atoms with Crippen molar-refractivity contribution in [3.63, 3.8) is 0 Å². The monoisotopic (exact) mass is 476 g/mol. The van der Waals surface area contributed by atoms with Gasteiger partial charge in [0.1, 0.15) is 5.69 Å². The molecule has 0 fully saturated rings. The first-order valence-corrected chi connectivity index (χ1v) is 11.5. The Morgan fingerprint density at radius 1 is 1.06 bits per heavy atom. The molecule has 10 heteroatoms. The Morgan fingerprint density at radius 3 is 2.53 bits per heavy atom. The number of nitrogens with zero attached hydrogens (tertiary/aromatic N) is 5. The molecule has 0 aliphatic rings. The number of nitrogens with one attached hydrogen (secondary N) is 1. The van der Waals surface area contributed by atoms with E-state index in [1.165, 1.54) is 24.4 Å². The van der Waals surface area contributed by atoms with Crippen LogP contribution in [0.2, 0.25) is 0 Å². The fraction of sp³-hybridized carbons (Fsp3) is 0.208. The van der Waals surface area contributed by atoms with Gasteiger partial charge in [0.15, 0.2) is 11.0 Å². The number of thioether (sulfide) groups is 1. The van der Waals surface area contributed by atoms with E-state index >= 15 is 0 Å². The molecule has 0 saturated carbocycles. The number of amides is 1. The van der Waals surface area contributed by atoms with Crippen LogP contribution in [0.25, 0.3) is 22.6 Å². The third-order valence-electron chi connectivity index (χ3n) is 5.17. The van der Waals surface area contributed by atoms with Crippen molar-refractivity contribution in [2.75, 3.05) is 18.2 Å². The number of aryl methyl sites for hydroxylation is 2. The van der Waals surface area contributed by atoms with Crippen LogP contribution in [0, 0.1) is 6.92 Å². The predicted molar refractivity (Wildman–Crippen MR) is 131 cm³/mol. The van der Waals surface area contributed by atoms with E-state index in [4.69, 9.17) is 4.74 Å². The molecule has 0 spiro atoms. The molecular formula is C24H24N6O3S. The lowest BCUT2D eigenvalue weighted by molar-refractivity contribution is -0.113. The first-order valence-electron chi connectivity index (χ1n) is 10.5. The van der Waals surface area contributed by atoms with Crippen LogP contribution in [0.1, 0.15) is 15.9 Å². The Bertz CT molecular complexity index is 1340. The second-order valence-corrected chi connectivity index (χ2v) is 8.61. The number of carbonyl (C=O) groups excluding carboxylic acids is 2. The van der Waals surface area contributed by atoms with Gasteiger partial charge >= 0.3 is 5.97 Å². The fourth-order valence-corrected chi connectivity index (χ4v) is 4.16. The van der Waals surface area contributed by atoms with Gasteiger partial charge in [0.05, 0.1) is 29.7 Å². The van der Waals surface area contributed by atoms with Crippen molar-refractivity contribution in [2.45, 2.75) is 12.1 Å². The number of benzene rings is 2. The van der Waals surface area contributed by atoms with Crippen LogP contribution in [-0.4, -0.2) is 49.3 Å². The molecule has 0 bridgehead atoms. The Labute approximate surface area is 201 Å². The molecule has 4 aromatic rings. The number of carbonyl (C=O) groups is 2. The smallest absolute Gasteiger partial charge is 0.339 e. The summed E-state index contributed by atoms with van der Waals surface area (Å²) in [7, 11) is 5.02. The zero-order valence-electron chi connectivity index (χ0n) is 19.3. The maximum atomic E-state index is 12.6. The van der Waals surface area contributed by atoms with Crippen molar-refractivity contribution < 1.29 is 14.3 Å². The molecule has 2 heterocycles. The third kappa shape index (κ3) is 4.86. The van der Waals surface area contributed by atoms with Crippen molar-refractivity contribution in [1.29, 1.82) is 0 Å². The minimum Gasteiger partial charge on any atom is -0.465 e. The lowest BCUT2D eigenvalue weighted by Crippen LogP contribution is -2.17. The van der Waals surface area contributed by atoms with Crippen LogP contribution in [0.4, 0.5) is 5.69 Å². The van der Waals surface area contributed by atoms with Crippen LogP contribution in [-0.2, 0) is 23.6 Å². The molecular weight excluding hydrogens is 452 g/mol. The maximum absolute atomic E-state index is 12.6. The van der Waals surface area contributed by atoms with Gasteiger partial charge in [-0.2, -0.15) is 5.10 Å². The predicted octanol–water partition coefficient (Wildman–Crippen LogP) is 3.71. The van der Waals surface area contributed by atoms with Crippen molar-refractivity contribution in [3.05, 3.63) is 65.9 Å². The van der Waals surface area contributed by atoms with Crippen molar-refractivity contribution in [1.82, 2.24) is 24.5 Å². The molecule has 0 radical (unpaired) electrons. The van der Waals surface area contributed by atoms with E-state index in [0.717, 1.165) is 16.8 Å². The topological polar surface area (TPSA) is 104 Å². The van der Waals surface area contributed by atoms with Crippen LogP contribution < -0.4 is 5.32 Å². The summed E-state index contributed by atoms with van der Waals surface area (Å²) in [5.74, 6) is -0.0307. The molecule has 0 unspecified atom stereocenters. The van der Waals surface area contributed by atoms with E-state index in [-0.39, 0.29) is 11.7 Å². The SMILES string of the molecule is COC(=O)c1ccccc1NC(=O)CSc1nnc(-c2cn(C)nc2-c2ccc(C)cc2)n1C. The highest BCUT2D eigenvalue weighted by Crippen LogP contribution is 2.31. The van der Waals surface area contributed by atoms with E-state index in [0.29, 0.717) is 22.2 Å². The number of rotatable bonds is 7. The molecule has 2 aromatic heterocycles. The molecule has 34 heavy (non-hydrogen) atoms. The van der Waals surface area contributed by atoms with Gasteiger partial charge in [0.25, 0.3) is 0 Å². The quantitative estimate of drug-likeness (QED) is 0.320. The van der Waals surface area contributed by atoms with Gasteiger partial charge in [0, 0.05) is 25.9 Å². The van der Waals surface area contributed by atoms with E-state index in [1.54, 1.807) is 28.9 Å². The lowest BCUT2D eigenvalue weighted by Gasteiger charge is -2.09. The van der Waals surface area contributed by atoms with Crippen LogP contribution >= 0.6 is 11.8 Å². The second-order valence-electron chi connectivity index (χ2n) is 7.67. The van der Waals surface area contributed by atoms with E-state index in [9.17, 15) is 9.59 Å². The largest absolute Gasteiger partial charge is 0.465 e. The number of esters is 1. The molecule has 174 valence electrons. The Balaban J connectivity index is 1.50. The molecule has 2 aromatic carbocycles. The summed E-state index contributed by atoms with van der Waals surface area (Å²) in [6, 6.07) is 14.9. The highest BCUT2D eigenvalue weighted by Gasteiger charge is 2.20. The Hall–Kier alpha value is -3.92. The Morgan fingerprint density at radius 2 is 1.79 bits per heavy atom. The number of anilines is 1. The summed E-state index contributed by atoms with van der Waals surface area (Å²) in [5.41, 5.74) is 4.52. The van der Waals surface area contributed by atoms with Crippen LogP contribution in [0.5, 0.6) is 0 Å². The highest BCUT2D eigenvalue weighted by molar-refractivity contribution is 7.99. The second kappa shape index (κ2) is 9.92. The lowest BCUT2D eigenvalue weighted by atomic mass is 10.1. The molecule has 9 nitrogen and oxygen atoms in total. The van der Waals surface area contributed by atoms with Gasteiger partial charge in [-0.15, -0.1) is 10.2 Å². The van der Waals surface area contributed by atoms with E-state index in [1.807, 2.05) is 56.0 Å². The molecule has 0 atom stereocenters. The van der Waals surface area contributed by atoms with E-state index < -0.39 is 5.97 Å². The highest BCUT2D eigenvalue weighted by atomic mass is 32.2. The van der Waals surface area contributed by atoms with Crippen molar-refractivity contribution in [3.8, 4) is 22.6 Å². The number of methoxy groups -OCH3 is 1. The summed E-state index contributed by atoms with van der Waals surface area (Å²) < 4.78 is 8.36. The first-order chi connectivity index (χ1) is 16.4. The summed E-state index contributed by atoms with van der Waals surface area (Å²) >= 11 is 1.25. The number of ether oxygens (including phenoxy) is 1. The van der Waals surface area contributed by atoms with Gasteiger partial charge < -0.3 is 14.6 Å². The molecule has 0 aliphatic carbocycles. The van der Waals surface area contributed by atoms with Crippen LogP contribution in [0.3, 0.4) is 0 Å². The van der Waals surface area contributed by atoms with Gasteiger partial charge in [0.2, 0.25) is 5.91 Å². The summed E-state index contributed by atoms with van der Waals surface area (Å²) in [4.78, 5) is 24.5. The maximum Gasteiger partial charge on any atom is 0.339 e. The summed E-state index contributed by atoms with van der Waals surface area (Å²) in [5, 5.41) is 16.6. The van der Waals surface area contributed by atoms with Crippen molar-refractivity contribution in [2.24, 2.45) is 14.1 Å². The standard InChI is InChI=1S/C24H24N6O3S/c1-15-9-11-16(12-10-15)21-18(13-29(2)28-21)22-26-27-24(30(22)3)34-14-20(31)25-19-8-6-5-7-17(19)23(32)33-4/h5-13H,14H2,1-4H3,(H,25,31). The number of hydrogen-bond donors (Lipinski definition) is 1. The van der Waals surface area contributed by atoms with Crippen molar-refractivity contribution >= 4 is 29.3 Å². The fourth-order valence-electron chi connectivity index (χ4n) is 3.45. The molecule has 1 amide bonds. The van der Waals surface area contributed by atoms with Gasteiger partial charge in [-0.1, -0.05) is 53.7 Å². The zero-order chi connectivity index (χ0) is 24.2. The number of para-hydroxylation sites is 1. The molecule has 0 saturated heterocycles. The minimum atomic E-state index is -0.512.